The van der Waals surface area contributed by atoms with Crippen molar-refractivity contribution in [3.05, 3.63) is 62.4 Å². The first-order valence-corrected chi connectivity index (χ1v) is 6.45. The van der Waals surface area contributed by atoms with Crippen LogP contribution in [0, 0.1) is 17.0 Å². The smallest absolute Gasteiger partial charge is 0.282 e. The van der Waals surface area contributed by atoms with E-state index in [4.69, 9.17) is 0 Å². The van der Waals surface area contributed by atoms with Crippen molar-refractivity contribution >= 4 is 33.2 Å². The number of benzene rings is 1. The van der Waals surface area contributed by atoms with Crippen LogP contribution < -0.4 is 5.32 Å². The highest BCUT2D eigenvalue weighted by Gasteiger charge is 2.19. The lowest BCUT2D eigenvalue weighted by Crippen LogP contribution is -2.14. The minimum atomic E-state index is -0.583. The number of nitro benzene ring substituents is 1. The molecule has 0 bridgehead atoms. The Morgan fingerprint density at radius 2 is 2.10 bits per heavy atom. The van der Waals surface area contributed by atoms with E-state index in [1.807, 2.05) is 6.92 Å². The molecule has 0 aliphatic heterocycles. The molecular weight excluding hydrogens is 326 g/mol. The van der Waals surface area contributed by atoms with Crippen molar-refractivity contribution in [1.29, 1.82) is 0 Å². The summed E-state index contributed by atoms with van der Waals surface area (Å²) in [5, 5.41) is 13.5. The summed E-state index contributed by atoms with van der Waals surface area (Å²) in [6, 6.07) is 7.52. The number of para-hydroxylation sites is 1. The molecule has 1 amide bonds. The second-order valence-electron chi connectivity index (χ2n) is 4.06. The number of rotatable bonds is 3. The molecule has 0 fully saturated rings. The van der Waals surface area contributed by atoms with Gasteiger partial charge < -0.3 is 5.32 Å². The first-order valence-electron chi connectivity index (χ1n) is 5.66. The van der Waals surface area contributed by atoms with Gasteiger partial charge >= 0.3 is 0 Å². The molecule has 0 radical (unpaired) electrons. The SMILES string of the molecule is Cc1cc(NC(=O)c2ccccc2[N+](=O)[O-])cnc1Br. The van der Waals surface area contributed by atoms with E-state index in [0.29, 0.717) is 10.3 Å². The number of nitro groups is 1. The summed E-state index contributed by atoms with van der Waals surface area (Å²) in [5.74, 6) is -0.541. The summed E-state index contributed by atoms with van der Waals surface area (Å²) >= 11 is 3.26. The minimum absolute atomic E-state index is 0.0121. The van der Waals surface area contributed by atoms with Gasteiger partial charge in [0.05, 0.1) is 16.8 Å². The first kappa shape index (κ1) is 14.1. The summed E-state index contributed by atoms with van der Waals surface area (Å²) in [7, 11) is 0. The lowest BCUT2D eigenvalue weighted by Gasteiger charge is -2.06. The minimum Gasteiger partial charge on any atom is -0.320 e. The fourth-order valence-electron chi connectivity index (χ4n) is 1.65. The van der Waals surface area contributed by atoms with Crippen LogP contribution in [0.15, 0.2) is 41.1 Å². The third-order valence-corrected chi connectivity index (χ3v) is 3.45. The van der Waals surface area contributed by atoms with E-state index in [1.54, 1.807) is 12.1 Å². The summed E-state index contributed by atoms with van der Waals surface area (Å²) in [5.41, 5.74) is 1.11. The summed E-state index contributed by atoms with van der Waals surface area (Å²) < 4.78 is 0.682. The van der Waals surface area contributed by atoms with E-state index in [-0.39, 0.29) is 11.3 Å². The fraction of sp³-hybridized carbons (Fsp3) is 0.0769. The van der Waals surface area contributed by atoms with Crippen LogP contribution in [0.4, 0.5) is 11.4 Å². The Morgan fingerprint density at radius 3 is 2.75 bits per heavy atom. The number of anilines is 1. The molecule has 0 spiro atoms. The highest BCUT2D eigenvalue weighted by Crippen LogP contribution is 2.21. The average Bonchev–Trinajstić information content (AvgIpc) is 2.43. The Hall–Kier alpha value is -2.28. The van der Waals surface area contributed by atoms with Gasteiger partial charge in [0.2, 0.25) is 0 Å². The maximum absolute atomic E-state index is 12.1. The molecule has 6 nitrogen and oxygen atoms in total. The first-order chi connectivity index (χ1) is 9.49. The molecule has 1 aromatic heterocycles. The molecule has 1 N–H and O–H groups in total. The standard InChI is InChI=1S/C13H10BrN3O3/c1-8-6-9(7-15-12(8)14)16-13(18)10-4-2-3-5-11(10)17(19)20/h2-7H,1H3,(H,16,18). The van der Waals surface area contributed by atoms with Gasteiger partial charge in [-0.2, -0.15) is 0 Å². The number of amides is 1. The van der Waals surface area contributed by atoms with E-state index in [0.717, 1.165) is 5.56 Å². The van der Waals surface area contributed by atoms with Gasteiger partial charge in [-0.25, -0.2) is 4.98 Å². The molecular formula is C13H10BrN3O3. The summed E-state index contributed by atoms with van der Waals surface area (Å²) in [4.78, 5) is 26.4. The quantitative estimate of drug-likeness (QED) is 0.529. The average molecular weight is 336 g/mol. The number of aryl methyl sites for hydroxylation is 1. The summed E-state index contributed by atoms with van der Waals surface area (Å²) in [6.07, 6.45) is 1.48. The molecule has 2 rings (SSSR count). The van der Waals surface area contributed by atoms with E-state index in [1.165, 1.54) is 24.4 Å². The molecule has 2 aromatic rings. The van der Waals surface area contributed by atoms with Crippen molar-refractivity contribution in [3.63, 3.8) is 0 Å². The number of pyridine rings is 1. The third kappa shape index (κ3) is 3.00. The third-order valence-electron chi connectivity index (χ3n) is 2.62. The van der Waals surface area contributed by atoms with Crippen molar-refractivity contribution in [3.8, 4) is 0 Å². The topological polar surface area (TPSA) is 85.1 Å². The molecule has 0 aliphatic carbocycles. The normalized spacial score (nSPS) is 10.1. The van der Waals surface area contributed by atoms with Crippen LogP contribution >= 0.6 is 15.9 Å². The molecule has 102 valence electrons. The number of nitrogens with one attached hydrogen (secondary N) is 1. The Balaban J connectivity index is 2.28. The van der Waals surface area contributed by atoms with E-state index in [2.05, 4.69) is 26.2 Å². The van der Waals surface area contributed by atoms with Crippen LogP contribution in [0.2, 0.25) is 0 Å². The van der Waals surface area contributed by atoms with Crippen molar-refractivity contribution in [2.75, 3.05) is 5.32 Å². The van der Waals surface area contributed by atoms with E-state index >= 15 is 0 Å². The largest absolute Gasteiger partial charge is 0.320 e. The lowest BCUT2D eigenvalue weighted by atomic mass is 10.1. The van der Waals surface area contributed by atoms with E-state index in [9.17, 15) is 14.9 Å². The van der Waals surface area contributed by atoms with Crippen LogP contribution in [0.25, 0.3) is 0 Å². The predicted octanol–water partition coefficient (Wildman–Crippen LogP) is 3.31. The zero-order valence-corrected chi connectivity index (χ0v) is 12.0. The molecule has 20 heavy (non-hydrogen) atoms. The Labute approximate surface area is 123 Å². The number of nitrogens with zero attached hydrogens (tertiary/aromatic N) is 2. The number of aromatic nitrogens is 1. The van der Waals surface area contributed by atoms with Gasteiger partial charge in [0.1, 0.15) is 10.2 Å². The van der Waals surface area contributed by atoms with Gasteiger partial charge in [0.25, 0.3) is 11.6 Å². The molecule has 0 unspecified atom stereocenters. The highest BCUT2D eigenvalue weighted by atomic mass is 79.9. The molecule has 1 heterocycles. The molecule has 0 aliphatic rings. The van der Waals surface area contributed by atoms with Crippen molar-refractivity contribution in [2.24, 2.45) is 0 Å². The molecule has 0 atom stereocenters. The fourth-order valence-corrected chi connectivity index (χ4v) is 1.87. The Kier molecular flexibility index (Phi) is 4.09. The number of hydrogen-bond acceptors (Lipinski definition) is 4. The van der Waals surface area contributed by atoms with Crippen LogP contribution in [-0.2, 0) is 0 Å². The monoisotopic (exact) mass is 335 g/mol. The van der Waals surface area contributed by atoms with Crippen LogP contribution in [0.1, 0.15) is 15.9 Å². The zero-order chi connectivity index (χ0) is 14.7. The lowest BCUT2D eigenvalue weighted by molar-refractivity contribution is -0.385. The van der Waals surface area contributed by atoms with E-state index < -0.39 is 10.8 Å². The van der Waals surface area contributed by atoms with Crippen molar-refractivity contribution in [1.82, 2.24) is 4.98 Å². The van der Waals surface area contributed by atoms with Gasteiger partial charge in [-0.05, 0) is 40.5 Å². The summed E-state index contributed by atoms with van der Waals surface area (Å²) in [6.45, 7) is 1.83. The molecule has 0 saturated carbocycles. The number of halogens is 1. The molecule has 0 saturated heterocycles. The second-order valence-corrected chi connectivity index (χ2v) is 4.81. The zero-order valence-electron chi connectivity index (χ0n) is 10.5. The number of carbonyl (C=O) groups excluding carboxylic acids is 1. The van der Waals surface area contributed by atoms with Gasteiger partial charge in [0, 0.05) is 6.07 Å². The number of carbonyl (C=O) groups is 1. The highest BCUT2D eigenvalue weighted by molar-refractivity contribution is 9.10. The van der Waals surface area contributed by atoms with Gasteiger partial charge in [-0.15, -0.1) is 0 Å². The maximum atomic E-state index is 12.1. The second kappa shape index (κ2) is 5.79. The molecule has 7 heteroatoms. The number of hydrogen-bond donors (Lipinski definition) is 1. The van der Waals surface area contributed by atoms with Gasteiger partial charge in [-0.3, -0.25) is 14.9 Å². The van der Waals surface area contributed by atoms with Crippen molar-refractivity contribution in [2.45, 2.75) is 6.92 Å². The Bertz CT molecular complexity index is 688. The van der Waals surface area contributed by atoms with Crippen LogP contribution in [0.5, 0.6) is 0 Å². The Morgan fingerprint density at radius 1 is 1.40 bits per heavy atom. The van der Waals surface area contributed by atoms with Crippen LogP contribution in [0.3, 0.4) is 0 Å². The van der Waals surface area contributed by atoms with Crippen LogP contribution in [-0.4, -0.2) is 15.8 Å². The van der Waals surface area contributed by atoms with Crippen molar-refractivity contribution < 1.29 is 9.72 Å². The van der Waals surface area contributed by atoms with Gasteiger partial charge in [-0.1, -0.05) is 12.1 Å². The molecule has 1 aromatic carbocycles. The maximum Gasteiger partial charge on any atom is 0.282 e. The predicted molar refractivity (Wildman–Crippen MR) is 77.7 cm³/mol. The van der Waals surface area contributed by atoms with Gasteiger partial charge in [0.15, 0.2) is 0 Å².